The Bertz CT molecular complexity index is 771. The van der Waals surface area contributed by atoms with Gasteiger partial charge in [-0.25, -0.2) is 4.79 Å². The molecule has 4 atom stereocenters. The predicted octanol–water partition coefficient (Wildman–Crippen LogP) is -0.930. The highest BCUT2D eigenvalue weighted by atomic mass is 16.5. The van der Waals surface area contributed by atoms with E-state index in [1.165, 1.54) is 18.3 Å². The molecule has 9 nitrogen and oxygen atoms in total. The number of allylic oxidation sites excluding steroid dienone is 2. The maximum Gasteiger partial charge on any atom is 0.351 e. The number of carbonyl (C=O) groups is 1. The predicted molar refractivity (Wildman–Crippen MR) is 86.6 cm³/mol. The lowest BCUT2D eigenvalue weighted by Crippen LogP contribution is -2.33. The van der Waals surface area contributed by atoms with Gasteiger partial charge in [0.15, 0.2) is 6.23 Å². The van der Waals surface area contributed by atoms with E-state index in [0.717, 1.165) is 4.57 Å². The van der Waals surface area contributed by atoms with Crippen molar-refractivity contribution in [3.8, 4) is 0 Å². The number of nitrogens with zero attached hydrogens (tertiary/aromatic N) is 2. The van der Waals surface area contributed by atoms with Crippen LogP contribution in [0.3, 0.4) is 0 Å². The van der Waals surface area contributed by atoms with Crippen LogP contribution in [0.15, 0.2) is 40.9 Å². The Kier molecular flexibility index (Phi) is 5.09. The highest BCUT2D eigenvalue weighted by Crippen LogP contribution is 2.27. The maximum absolute atomic E-state index is 12.2. The third-order valence-electron chi connectivity index (χ3n) is 4.11. The molecule has 1 fully saturated rings. The number of ether oxygens (including phenoxy) is 1. The van der Waals surface area contributed by atoms with Crippen molar-refractivity contribution >= 4 is 11.7 Å². The molecule has 0 radical (unpaired) electrons. The number of nitrogens with one attached hydrogen (secondary N) is 1. The summed E-state index contributed by atoms with van der Waals surface area (Å²) in [7, 11) is 0. The summed E-state index contributed by atoms with van der Waals surface area (Å²) in [6.45, 7) is -0.254. The second kappa shape index (κ2) is 7.28. The minimum atomic E-state index is -0.939. The number of carbonyl (C=O) groups excluding carboxylic acids is 1. The standard InChI is InChI=1S/C16H19N3O6/c20-8-9-7-12(22)15(25-9)19-6-5-13(18-16(19)24)17-14(23)10-3-1-2-4-11(10)21/h1-3,5-6,9,11-12,15,20-22H,4,7-8H2,(H,17,18,23,24). The van der Waals surface area contributed by atoms with Crippen LogP contribution in [0.1, 0.15) is 19.1 Å². The zero-order valence-corrected chi connectivity index (χ0v) is 13.3. The van der Waals surface area contributed by atoms with E-state index in [1.54, 1.807) is 12.2 Å². The molecule has 0 saturated carbocycles. The highest BCUT2D eigenvalue weighted by molar-refractivity contribution is 6.04. The normalized spacial score (nSPS) is 28.7. The van der Waals surface area contributed by atoms with E-state index in [4.69, 9.17) is 9.84 Å². The van der Waals surface area contributed by atoms with Crippen LogP contribution in [-0.4, -0.2) is 55.7 Å². The number of hydrogen-bond acceptors (Lipinski definition) is 7. The largest absolute Gasteiger partial charge is 0.394 e. The molecule has 1 aromatic heterocycles. The molecule has 2 heterocycles. The molecule has 0 aromatic carbocycles. The number of aliphatic hydroxyl groups is 3. The molecule has 1 amide bonds. The topological polar surface area (TPSA) is 134 Å². The maximum atomic E-state index is 12.2. The Hall–Kier alpha value is -2.33. The summed E-state index contributed by atoms with van der Waals surface area (Å²) in [5.41, 5.74) is -0.521. The van der Waals surface area contributed by atoms with Crippen LogP contribution in [0.5, 0.6) is 0 Å². The Morgan fingerprint density at radius 3 is 2.88 bits per heavy atom. The van der Waals surface area contributed by atoms with E-state index in [1.807, 2.05) is 0 Å². The Morgan fingerprint density at radius 1 is 1.44 bits per heavy atom. The molecule has 3 rings (SSSR count). The van der Waals surface area contributed by atoms with Crippen LogP contribution in [0.25, 0.3) is 0 Å². The smallest absolute Gasteiger partial charge is 0.351 e. The lowest BCUT2D eigenvalue weighted by molar-refractivity contribution is -0.113. The van der Waals surface area contributed by atoms with Crippen molar-refractivity contribution in [2.75, 3.05) is 11.9 Å². The van der Waals surface area contributed by atoms with Crippen LogP contribution in [0.2, 0.25) is 0 Å². The minimum absolute atomic E-state index is 0.0279. The first-order chi connectivity index (χ1) is 12.0. The van der Waals surface area contributed by atoms with Crippen LogP contribution < -0.4 is 11.0 Å². The minimum Gasteiger partial charge on any atom is -0.394 e. The van der Waals surface area contributed by atoms with Gasteiger partial charge in [-0.1, -0.05) is 18.2 Å². The van der Waals surface area contributed by atoms with Gasteiger partial charge in [-0.15, -0.1) is 0 Å². The van der Waals surface area contributed by atoms with Crippen LogP contribution in [0, 0.1) is 0 Å². The molecular weight excluding hydrogens is 330 g/mol. The van der Waals surface area contributed by atoms with Gasteiger partial charge in [0.2, 0.25) is 0 Å². The molecule has 4 unspecified atom stereocenters. The van der Waals surface area contributed by atoms with Gasteiger partial charge in [0.1, 0.15) is 11.9 Å². The first kappa shape index (κ1) is 17.5. The monoisotopic (exact) mass is 349 g/mol. The zero-order valence-electron chi connectivity index (χ0n) is 13.3. The first-order valence-electron chi connectivity index (χ1n) is 7.89. The van der Waals surface area contributed by atoms with Crippen LogP contribution in [-0.2, 0) is 9.53 Å². The molecule has 9 heteroatoms. The molecule has 1 saturated heterocycles. The third kappa shape index (κ3) is 3.69. The summed E-state index contributed by atoms with van der Waals surface area (Å²) in [6, 6.07) is 1.40. The number of aromatic nitrogens is 2. The lowest BCUT2D eigenvalue weighted by atomic mass is 10.0. The van der Waals surface area contributed by atoms with Crippen molar-refractivity contribution in [2.45, 2.75) is 37.4 Å². The van der Waals surface area contributed by atoms with E-state index in [-0.39, 0.29) is 24.4 Å². The molecule has 1 aliphatic heterocycles. The summed E-state index contributed by atoms with van der Waals surface area (Å²) in [5, 5.41) is 31.3. The van der Waals surface area contributed by atoms with E-state index in [0.29, 0.717) is 6.42 Å². The fraction of sp³-hybridized carbons (Fsp3) is 0.438. The van der Waals surface area contributed by atoms with Crippen molar-refractivity contribution in [3.05, 3.63) is 46.5 Å². The van der Waals surface area contributed by atoms with Crippen molar-refractivity contribution in [2.24, 2.45) is 0 Å². The Labute approximate surface area is 142 Å². The van der Waals surface area contributed by atoms with Gasteiger partial charge in [0, 0.05) is 18.2 Å². The number of amides is 1. The van der Waals surface area contributed by atoms with E-state index in [2.05, 4.69) is 10.3 Å². The molecule has 2 aliphatic rings. The lowest BCUT2D eigenvalue weighted by Gasteiger charge is -2.18. The van der Waals surface area contributed by atoms with Gasteiger partial charge in [-0.05, 0) is 12.5 Å². The quantitative estimate of drug-likeness (QED) is 0.552. The van der Waals surface area contributed by atoms with E-state index < -0.39 is 36.1 Å². The summed E-state index contributed by atoms with van der Waals surface area (Å²) in [5.74, 6) is -0.515. The van der Waals surface area contributed by atoms with Crippen molar-refractivity contribution in [3.63, 3.8) is 0 Å². The van der Waals surface area contributed by atoms with Gasteiger partial charge in [0.05, 0.1) is 18.8 Å². The van der Waals surface area contributed by atoms with Crippen LogP contribution >= 0.6 is 0 Å². The van der Waals surface area contributed by atoms with Gasteiger partial charge < -0.3 is 25.4 Å². The summed E-state index contributed by atoms with van der Waals surface area (Å²) in [6.07, 6.45) is 3.51. The zero-order chi connectivity index (χ0) is 18.0. The van der Waals surface area contributed by atoms with Gasteiger partial charge in [0.25, 0.3) is 5.91 Å². The molecule has 1 aliphatic carbocycles. The number of rotatable bonds is 4. The van der Waals surface area contributed by atoms with Crippen molar-refractivity contribution in [1.29, 1.82) is 0 Å². The molecule has 1 aromatic rings. The molecule has 0 bridgehead atoms. The van der Waals surface area contributed by atoms with Gasteiger partial charge >= 0.3 is 5.69 Å². The van der Waals surface area contributed by atoms with Gasteiger partial charge in [-0.3, -0.25) is 9.36 Å². The summed E-state index contributed by atoms with van der Waals surface area (Å²) < 4.78 is 6.51. The van der Waals surface area contributed by atoms with Crippen molar-refractivity contribution < 1.29 is 24.9 Å². The molecular formula is C16H19N3O6. The number of anilines is 1. The third-order valence-corrected chi connectivity index (χ3v) is 4.11. The number of hydrogen-bond donors (Lipinski definition) is 4. The average Bonchev–Trinajstić information content (AvgIpc) is 2.96. The molecule has 134 valence electrons. The second-order valence-electron chi connectivity index (χ2n) is 5.89. The molecule has 25 heavy (non-hydrogen) atoms. The van der Waals surface area contributed by atoms with E-state index >= 15 is 0 Å². The Morgan fingerprint density at radius 2 is 2.24 bits per heavy atom. The SMILES string of the molecule is O=C(Nc1ccn(C2OC(CO)CC2O)c(=O)n1)C1=CC=CCC1O. The van der Waals surface area contributed by atoms with Crippen molar-refractivity contribution in [1.82, 2.24) is 9.55 Å². The molecule has 4 N–H and O–H groups in total. The fourth-order valence-corrected chi connectivity index (χ4v) is 2.81. The second-order valence-corrected chi connectivity index (χ2v) is 5.89. The van der Waals surface area contributed by atoms with E-state index in [9.17, 15) is 19.8 Å². The Balaban J connectivity index is 1.74. The average molecular weight is 349 g/mol. The molecule has 0 spiro atoms. The number of aliphatic hydroxyl groups excluding tert-OH is 3. The fourth-order valence-electron chi connectivity index (χ4n) is 2.81. The van der Waals surface area contributed by atoms with Gasteiger partial charge in [-0.2, -0.15) is 4.98 Å². The van der Waals surface area contributed by atoms with Crippen LogP contribution in [0.4, 0.5) is 5.82 Å². The first-order valence-corrected chi connectivity index (χ1v) is 7.89. The summed E-state index contributed by atoms with van der Waals surface area (Å²) in [4.78, 5) is 28.1. The highest BCUT2D eigenvalue weighted by Gasteiger charge is 2.35. The summed E-state index contributed by atoms with van der Waals surface area (Å²) >= 11 is 0.